The summed E-state index contributed by atoms with van der Waals surface area (Å²) < 4.78 is 2.00. The summed E-state index contributed by atoms with van der Waals surface area (Å²) in [7, 11) is 0. The molecule has 3 aromatic rings. The third-order valence-corrected chi connectivity index (χ3v) is 5.07. The molecular formula is C21H21N5O3. The molecule has 0 atom stereocenters. The molecule has 1 saturated heterocycles. The van der Waals surface area contributed by atoms with E-state index in [2.05, 4.69) is 9.88 Å². The molecule has 3 heterocycles. The molecule has 2 aromatic heterocycles. The highest BCUT2D eigenvalue weighted by Gasteiger charge is 2.21. The van der Waals surface area contributed by atoms with Gasteiger partial charge in [0.25, 0.3) is 11.6 Å². The Morgan fingerprint density at radius 3 is 2.38 bits per heavy atom. The van der Waals surface area contributed by atoms with E-state index in [1.54, 1.807) is 6.07 Å². The zero-order chi connectivity index (χ0) is 20.2. The Hall–Kier alpha value is -3.68. The van der Waals surface area contributed by atoms with Crippen LogP contribution in [0.5, 0.6) is 0 Å². The van der Waals surface area contributed by atoms with E-state index in [-0.39, 0.29) is 11.6 Å². The average molecular weight is 391 g/mol. The summed E-state index contributed by atoms with van der Waals surface area (Å²) in [4.78, 5) is 31.4. The first-order chi connectivity index (χ1) is 14.1. The van der Waals surface area contributed by atoms with Crippen molar-refractivity contribution in [2.75, 3.05) is 31.1 Å². The van der Waals surface area contributed by atoms with E-state index in [9.17, 15) is 14.9 Å². The number of amides is 1. The molecule has 0 bridgehead atoms. The first kappa shape index (κ1) is 18.7. The normalized spacial score (nSPS) is 14.5. The van der Waals surface area contributed by atoms with Crippen LogP contribution in [0.15, 0.2) is 67.1 Å². The van der Waals surface area contributed by atoms with Crippen LogP contribution in [0.1, 0.15) is 16.8 Å². The van der Waals surface area contributed by atoms with Crippen molar-refractivity contribution in [1.29, 1.82) is 0 Å². The second kappa shape index (κ2) is 8.14. The Morgan fingerprint density at radius 1 is 0.966 bits per heavy atom. The molecule has 1 aliphatic heterocycles. The van der Waals surface area contributed by atoms with Gasteiger partial charge in [-0.1, -0.05) is 0 Å². The highest BCUT2D eigenvalue weighted by Crippen LogP contribution is 2.19. The summed E-state index contributed by atoms with van der Waals surface area (Å²) in [5, 5.41) is 10.8. The third kappa shape index (κ3) is 4.11. The van der Waals surface area contributed by atoms with Gasteiger partial charge in [-0.25, -0.2) is 4.98 Å². The van der Waals surface area contributed by atoms with Crippen LogP contribution in [0, 0.1) is 10.1 Å². The smallest absolute Gasteiger partial charge is 0.287 e. The monoisotopic (exact) mass is 391 g/mol. The number of carbonyl (C=O) groups excluding carboxylic acids is 1. The van der Waals surface area contributed by atoms with Crippen molar-refractivity contribution in [3.05, 3.63) is 82.8 Å². The Bertz CT molecular complexity index is 984. The maximum atomic E-state index is 12.9. The minimum absolute atomic E-state index is 0.0163. The number of nitro groups is 1. The van der Waals surface area contributed by atoms with Gasteiger partial charge in [-0.3, -0.25) is 14.9 Å². The van der Waals surface area contributed by atoms with Crippen molar-refractivity contribution in [3.63, 3.8) is 0 Å². The SMILES string of the molecule is O=C(c1ccc(-n2cccc2)cc1)N1CCCN(c2ccc([N+](=O)[O-])cn2)CC1. The van der Waals surface area contributed by atoms with Gasteiger partial charge in [0.15, 0.2) is 0 Å². The molecule has 1 aromatic carbocycles. The average Bonchev–Trinajstić information content (AvgIpc) is 3.18. The fourth-order valence-electron chi connectivity index (χ4n) is 3.49. The first-order valence-electron chi connectivity index (χ1n) is 9.50. The zero-order valence-electron chi connectivity index (χ0n) is 15.8. The lowest BCUT2D eigenvalue weighted by atomic mass is 10.1. The molecule has 0 N–H and O–H groups in total. The Kier molecular flexibility index (Phi) is 5.24. The fraction of sp³-hybridized carbons (Fsp3) is 0.238. The van der Waals surface area contributed by atoms with Crippen molar-refractivity contribution in [1.82, 2.24) is 14.5 Å². The van der Waals surface area contributed by atoms with Crippen LogP contribution in [-0.2, 0) is 0 Å². The van der Waals surface area contributed by atoms with Crippen LogP contribution in [-0.4, -0.2) is 51.5 Å². The number of anilines is 1. The summed E-state index contributed by atoms with van der Waals surface area (Å²) in [6.45, 7) is 2.64. The van der Waals surface area contributed by atoms with Crippen molar-refractivity contribution < 1.29 is 9.72 Å². The maximum absolute atomic E-state index is 12.9. The Morgan fingerprint density at radius 2 is 1.72 bits per heavy atom. The van der Waals surface area contributed by atoms with Gasteiger partial charge in [0.1, 0.15) is 12.0 Å². The van der Waals surface area contributed by atoms with Crippen molar-refractivity contribution >= 4 is 17.4 Å². The lowest BCUT2D eigenvalue weighted by Crippen LogP contribution is -2.35. The van der Waals surface area contributed by atoms with Gasteiger partial charge in [-0.05, 0) is 48.9 Å². The van der Waals surface area contributed by atoms with E-state index < -0.39 is 4.92 Å². The quantitative estimate of drug-likeness (QED) is 0.504. The minimum atomic E-state index is -0.457. The number of nitrogens with zero attached hydrogens (tertiary/aromatic N) is 5. The summed E-state index contributed by atoms with van der Waals surface area (Å²) >= 11 is 0. The molecule has 0 unspecified atom stereocenters. The fourth-order valence-corrected chi connectivity index (χ4v) is 3.49. The van der Waals surface area contributed by atoms with Crippen LogP contribution in [0.25, 0.3) is 5.69 Å². The largest absolute Gasteiger partial charge is 0.355 e. The Labute approximate surface area is 168 Å². The molecule has 8 nitrogen and oxygen atoms in total. The Balaban J connectivity index is 1.41. The van der Waals surface area contributed by atoms with Crippen molar-refractivity contribution in [3.8, 4) is 5.69 Å². The predicted octanol–water partition coefficient (Wildman–Crippen LogP) is 3.13. The van der Waals surface area contributed by atoms with Crippen molar-refractivity contribution in [2.45, 2.75) is 6.42 Å². The molecule has 1 aliphatic rings. The zero-order valence-corrected chi connectivity index (χ0v) is 15.8. The first-order valence-corrected chi connectivity index (χ1v) is 9.50. The number of hydrogen-bond donors (Lipinski definition) is 0. The maximum Gasteiger partial charge on any atom is 0.287 e. The van der Waals surface area contributed by atoms with Gasteiger partial charge < -0.3 is 14.4 Å². The third-order valence-electron chi connectivity index (χ3n) is 5.07. The van der Waals surface area contributed by atoms with E-state index in [1.807, 2.05) is 58.3 Å². The van der Waals surface area contributed by atoms with E-state index in [4.69, 9.17) is 0 Å². The summed E-state index contributed by atoms with van der Waals surface area (Å²) in [5.41, 5.74) is 1.66. The molecule has 0 spiro atoms. The number of carbonyl (C=O) groups is 1. The number of aromatic nitrogens is 2. The molecule has 0 saturated carbocycles. The molecule has 148 valence electrons. The molecular weight excluding hydrogens is 370 g/mol. The number of pyridine rings is 1. The molecule has 8 heteroatoms. The summed E-state index contributed by atoms with van der Waals surface area (Å²) in [6.07, 6.45) is 6.01. The van der Waals surface area contributed by atoms with Crippen LogP contribution in [0.2, 0.25) is 0 Å². The van der Waals surface area contributed by atoms with Gasteiger partial charge in [-0.2, -0.15) is 0 Å². The highest BCUT2D eigenvalue weighted by molar-refractivity contribution is 5.94. The van der Waals surface area contributed by atoms with Gasteiger partial charge >= 0.3 is 0 Å². The second-order valence-electron chi connectivity index (χ2n) is 6.90. The summed E-state index contributed by atoms with van der Waals surface area (Å²) in [5.74, 6) is 0.712. The lowest BCUT2D eigenvalue weighted by molar-refractivity contribution is -0.385. The topological polar surface area (TPSA) is 84.5 Å². The van der Waals surface area contributed by atoms with Gasteiger partial charge in [0.2, 0.25) is 0 Å². The van der Waals surface area contributed by atoms with Crippen LogP contribution >= 0.6 is 0 Å². The number of hydrogen-bond acceptors (Lipinski definition) is 5. The molecule has 1 fully saturated rings. The number of benzene rings is 1. The molecule has 29 heavy (non-hydrogen) atoms. The minimum Gasteiger partial charge on any atom is -0.355 e. The summed E-state index contributed by atoms with van der Waals surface area (Å²) in [6, 6.07) is 14.6. The van der Waals surface area contributed by atoms with Gasteiger partial charge in [-0.15, -0.1) is 0 Å². The molecule has 1 amide bonds. The van der Waals surface area contributed by atoms with Gasteiger partial charge in [0, 0.05) is 55.9 Å². The molecule has 4 rings (SSSR count). The van der Waals surface area contributed by atoms with Crippen LogP contribution in [0.4, 0.5) is 11.5 Å². The number of rotatable bonds is 4. The van der Waals surface area contributed by atoms with E-state index in [0.717, 1.165) is 18.7 Å². The van der Waals surface area contributed by atoms with Crippen LogP contribution < -0.4 is 4.90 Å². The molecule has 0 radical (unpaired) electrons. The molecule has 0 aliphatic carbocycles. The predicted molar refractivity (Wildman–Crippen MR) is 109 cm³/mol. The van der Waals surface area contributed by atoms with Crippen molar-refractivity contribution in [2.24, 2.45) is 0 Å². The lowest BCUT2D eigenvalue weighted by Gasteiger charge is -2.23. The van der Waals surface area contributed by atoms with E-state index in [0.29, 0.717) is 31.0 Å². The van der Waals surface area contributed by atoms with E-state index in [1.165, 1.54) is 12.3 Å². The van der Waals surface area contributed by atoms with E-state index >= 15 is 0 Å². The highest BCUT2D eigenvalue weighted by atomic mass is 16.6. The van der Waals surface area contributed by atoms with Gasteiger partial charge in [0.05, 0.1) is 4.92 Å². The van der Waals surface area contributed by atoms with Crippen LogP contribution in [0.3, 0.4) is 0 Å². The second-order valence-corrected chi connectivity index (χ2v) is 6.90. The standard InChI is InChI=1S/C21H21N5O3/c27-21(17-4-6-18(7-5-17)23-10-1-2-11-23)25-13-3-12-24(14-15-25)20-9-8-19(16-22-20)26(28)29/h1-2,4-11,16H,3,12-15H2.